The molecule has 0 radical (unpaired) electrons. The molecule has 0 aliphatic carbocycles. The van der Waals surface area contributed by atoms with Gasteiger partial charge in [-0.2, -0.15) is 0 Å². The van der Waals surface area contributed by atoms with Gasteiger partial charge in [0.1, 0.15) is 0 Å². The van der Waals surface area contributed by atoms with Gasteiger partial charge in [-0.1, -0.05) is 11.6 Å². The summed E-state index contributed by atoms with van der Waals surface area (Å²) in [5, 5.41) is 9.82. The van der Waals surface area contributed by atoms with Crippen LogP contribution in [0.2, 0.25) is 5.02 Å². The molecule has 0 spiro atoms. The maximum atomic E-state index is 9.13. The van der Waals surface area contributed by atoms with Crippen molar-refractivity contribution in [3.8, 4) is 0 Å². The van der Waals surface area contributed by atoms with Gasteiger partial charge in [0.2, 0.25) is 0 Å². The summed E-state index contributed by atoms with van der Waals surface area (Å²) < 4.78 is 5.43. The summed E-state index contributed by atoms with van der Waals surface area (Å²) in [5.41, 5.74) is 7.83. The van der Waals surface area contributed by atoms with Gasteiger partial charge in [0.25, 0.3) is 0 Å². The van der Waals surface area contributed by atoms with Gasteiger partial charge in [-0.3, -0.25) is 0 Å². The first kappa shape index (κ1) is 12.6. The average molecular weight is 257 g/mol. The number of ether oxygens (including phenoxy) is 1. The molecule has 4 nitrogen and oxygen atoms in total. The van der Waals surface area contributed by atoms with E-state index in [0.29, 0.717) is 24.7 Å². The van der Waals surface area contributed by atoms with Crippen molar-refractivity contribution in [2.75, 3.05) is 31.2 Å². The van der Waals surface area contributed by atoms with Crippen molar-refractivity contribution < 1.29 is 9.84 Å². The molecule has 1 aromatic carbocycles. The highest BCUT2D eigenvalue weighted by molar-refractivity contribution is 6.30. The molecular weight excluding hydrogens is 240 g/mol. The Hall–Kier alpha value is -0.810. The van der Waals surface area contributed by atoms with Crippen LogP contribution in [0, 0.1) is 0 Å². The Morgan fingerprint density at radius 3 is 3.06 bits per heavy atom. The van der Waals surface area contributed by atoms with Gasteiger partial charge < -0.3 is 20.5 Å². The summed E-state index contributed by atoms with van der Waals surface area (Å²) in [5.74, 6) is 0. The molecule has 1 unspecified atom stereocenters. The van der Waals surface area contributed by atoms with Crippen molar-refractivity contribution in [2.24, 2.45) is 5.73 Å². The molecule has 1 atom stereocenters. The van der Waals surface area contributed by atoms with Crippen molar-refractivity contribution in [2.45, 2.75) is 12.6 Å². The van der Waals surface area contributed by atoms with Crippen molar-refractivity contribution >= 4 is 17.3 Å². The monoisotopic (exact) mass is 256 g/mol. The number of aliphatic hydroxyl groups excluding tert-OH is 1. The van der Waals surface area contributed by atoms with Gasteiger partial charge in [0.05, 0.1) is 19.3 Å². The lowest BCUT2D eigenvalue weighted by Gasteiger charge is -2.34. The summed E-state index contributed by atoms with van der Waals surface area (Å²) >= 11 is 5.95. The first-order valence-electron chi connectivity index (χ1n) is 5.70. The van der Waals surface area contributed by atoms with E-state index in [4.69, 9.17) is 27.2 Å². The van der Waals surface area contributed by atoms with Crippen molar-refractivity contribution in [1.82, 2.24) is 0 Å². The van der Waals surface area contributed by atoms with E-state index >= 15 is 0 Å². The van der Waals surface area contributed by atoms with E-state index in [0.717, 1.165) is 17.8 Å². The van der Waals surface area contributed by atoms with Crippen LogP contribution in [0.25, 0.3) is 0 Å². The molecule has 1 aliphatic heterocycles. The summed E-state index contributed by atoms with van der Waals surface area (Å²) in [6.07, 6.45) is -0.120. The lowest BCUT2D eigenvalue weighted by atomic mass is 10.1. The number of aliphatic hydroxyl groups is 1. The quantitative estimate of drug-likeness (QED) is 0.847. The van der Waals surface area contributed by atoms with Crippen molar-refractivity contribution in [1.29, 1.82) is 0 Å². The molecule has 1 saturated heterocycles. The third kappa shape index (κ3) is 2.90. The number of nitrogens with two attached hydrogens (primary N) is 1. The largest absolute Gasteiger partial charge is 0.394 e. The Bertz CT molecular complexity index is 387. The third-order valence-electron chi connectivity index (χ3n) is 2.94. The van der Waals surface area contributed by atoms with Crippen LogP contribution in [-0.4, -0.2) is 37.5 Å². The van der Waals surface area contributed by atoms with Crippen LogP contribution in [0.5, 0.6) is 0 Å². The molecule has 5 heteroatoms. The average Bonchev–Trinajstić information content (AvgIpc) is 2.38. The topological polar surface area (TPSA) is 58.7 Å². The summed E-state index contributed by atoms with van der Waals surface area (Å²) in [6.45, 7) is 2.62. The van der Waals surface area contributed by atoms with Gasteiger partial charge in [-0.15, -0.1) is 0 Å². The lowest BCUT2D eigenvalue weighted by molar-refractivity contribution is 0.00353. The molecule has 1 aromatic rings. The first-order valence-corrected chi connectivity index (χ1v) is 6.08. The van der Waals surface area contributed by atoms with E-state index in [1.807, 2.05) is 18.2 Å². The predicted molar refractivity (Wildman–Crippen MR) is 68.4 cm³/mol. The van der Waals surface area contributed by atoms with Crippen LogP contribution >= 0.6 is 11.6 Å². The molecule has 0 aromatic heterocycles. The number of benzene rings is 1. The number of morpholine rings is 1. The SMILES string of the molecule is NCc1cc(Cl)ccc1N1CCOC(CO)C1. The molecule has 3 N–H and O–H groups in total. The molecule has 2 rings (SSSR count). The van der Waals surface area contributed by atoms with E-state index < -0.39 is 0 Å². The van der Waals surface area contributed by atoms with Crippen molar-refractivity contribution in [3.05, 3.63) is 28.8 Å². The fraction of sp³-hybridized carbons (Fsp3) is 0.500. The molecule has 17 heavy (non-hydrogen) atoms. The van der Waals surface area contributed by atoms with Gasteiger partial charge in [-0.05, 0) is 23.8 Å². The highest BCUT2D eigenvalue weighted by Gasteiger charge is 2.21. The molecular formula is C12H17ClN2O2. The predicted octanol–water partition coefficient (Wildman–Crippen LogP) is 0.996. The minimum atomic E-state index is -0.120. The number of anilines is 1. The van der Waals surface area contributed by atoms with Crippen LogP contribution in [0.15, 0.2) is 18.2 Å². The van der Waals surface area contributed by atoms with Gasteiger partial charge >= 0.3 is 0 Å². The smallest absolute Gasteiger partial charge is 0.0980 e. The molecule has 1 fully saturated rings. The Morgan fingerprint density at radius 2 is 2.35 bits per heavy atom. The molecule has 0 saturated carbocycles. The second-order valence-corrected chi connectivity index (χ2v) is 4.53. The third-order valence-corrected chi connectivity index (χ3v) is 3.18. The molecule has 0 bridgehead atoms. The maximum absolute atomic E-state index is 9.13. The Morgan fingerprint density at radius 1 is 1.53 bits per heavy atom. The lowest BCUT2D eigenvalue weighted by Crippen LogP contribution is -2.44. The first-order chi connectivity index (χ1) is 8.24. The fourth-order valence-corrected chi connectivity index (χ4v) is 2.27. The summed E-state index contributed by atoms with van der Waals surface area (Å²) in [7, 11) is 0. The second kappa shape index (κ2) is 5.69. The highest BCUT2D eigenvalue weighted by Crippen LogP contribution is 2.25. The Labute approximate surface area is 106 Å². The van der Waals surface area contributed by atoms with Crippen LogP contribution in [0.1, 0.15) is 5.56 Å². The Balaban J connectivity index is 2.20. The van der Waals surface area contributed by atoms with E-state index in [9.17, 15) is 0 Å². The maximum Gasteiger partial charge on any atom is 0.0980 e. The zero-order valence-electron chi connectivity index (χ0n) is 9.60. The number of nitrogens with zero attached hydrogens (tertiary/aromatic N) is 1. The summed E-state index contributed by atoms with van der Waals surface area (Å²) in [6, 6.07) is 5.73. The number of halogens is 1. The van der Waals surface area contributed by atoms with Gasteiger partial charge in [0, 0.05) is 30.3 Å². The highest BCUT2D eigenvalue weighted by atomic mass is 35.5. The van der Waals surface area contributed by atoms with Gasteiger partial charge in [0.15, 0.2) is 0 Å². The van der Waals surface area contributed by atoms with E-state index in [2.05, 4.69) is 4.90 Å². The second-order valence-electron chi connectivity index (χ2n) is 4.10. The van der Waals surface area contributed by atoms with Gasteiger partial charge in [-0.25, -0.2) is 0 Å². The minimum absolute atomic E-state index is 0.0437. The van der Waals surface area contributed by atoms with Crippen LogP contribution < -0.4 is 10.6 Å². The van der Waals surface area contributed by atoms with Crippen molar-refractivity contribution in [3.63, 3.8) is 0 Å². The number of rotatable bonds is 3. The molecule has 94 valence electrons. The Kier molecular flexibility index (Phi) is 4.23. The zero-order chi connectivity index (χ0) is 12.3. The van der Waals surface area contributed by atoms with Crippen LogP contribution in [-0.2, 0) is 11.3 Å². The minimum Gasteiger partial charge on any atom is -0.394 e. The molecule has 0 amide bonds. The standard InChI is InChI=1S/C12H17ClN2O2/c13-10-1-2-12(9(5-10)6-14)15-3-4-17-11(7-15)8-16/h1-2,5,11,16H,3-4,6-8,14H2. The van der Waals surface area contributed by atoms with E-state index in [1.54, 1.807) is 0 Å². The molecule has 1 aliphatic rings. The van der Waals surface area contributed by atoms with Crippen LogP contribution in [0.4, 0.5) is 5.69 Å². The normalized spacial score (nSPS) is 20.6. The molecule has 1 heterocycles. The summed E-state index contributed by atoms with van der Waals surface area (Å²) in [4.78, 5) is 2.18. The fourth-order valence-electron chi connectivity index (χ4n) is 2.07. The van der Waals surface area contributed by atoms with Crippen LogP contribution in [0.3, 0.4) is 0 Å². The zero-order valence-corrected chi connectivity index (χ0v) is 10.4. The number of hydrogen-bond donors (Lipinski definition) is 2. The van der Waals surface area contributed by atoms with E-state index in [-0.39, 0.29) is 12.7 Å². The van der Waals surface area contributed by atoms with E-state index in [1.165, 1.54) is 0 Å². The number of hydrogen-bond acceptors (Lipinski definition) is 4.